The average Bonchev–Trinajstić information content (AvgIpc) is 3.16. The summed E-state index contributed by atoms with van der Waals surface area (Å²) in [7, 11) is -3.71. The summed E-state index contributed by atoms with van der Waals surface area (Å²) >= 11 is 0. The molecule has 2 aromatic carbocycles. The van der Waals surface area contributed by atoms with Crippen molar-refractivity contribution in [1.29, 1.82) is 0 Å². The van der Waals surface area contributed by atoms with Crippen LogP contribution in [0.2, 0.25) is 0 Å². The van der Waals surface area contributed by atoms with Gasteiger partial charge < -0.3 is 10.1 Å². The first kappa shape index (κ1) is 23.8. The lowest BCUT2D eigenvalue weighted by atomic mass is 9.88. The Bertz CT molecular complexity index is 1220. The topological polar surface area (TPSA) is 96.0 Å². The Kier molecular flexibility index (Phi) is 6.80. The fraction of sp³-hybridized carbons (Fsp3) is 0.462. The Labute approximate surface area is 206 Å². The summed E-state index contributed by atoms with van der Waals surface area (Å²) in [6, 6.07) is 12.6. The molecule has 5 rings (SSSR count). The molecule has 186 valence electrons. The minimum absolute atomic E-state index is 0.0992. The van der Waals surface area contributed by atoms with Crippen LogP contribution in [0.3, 0.4) is 0 Å². The second-order valence-electron chi connectivity index (χ2n) is 9.43. The van der Waals surface area contributed by atoms with Crippen LogP contribution in [-0.2, 0) is 26.0 Å². The number of aryl methyl sites for hydroxylation is 1. The smallest absolute Gasteiger partial charge is 0.265 e. The van der Waals surface area contributed by atoms with E-state index in [0.717, 1.165) is 50.5 Å². The van der Waals surface area contributed by atoms with E-state index < -0.39 is 10.0 Å². The summed E-state index contributed by atoms with van der Waals surface area (Å²) in [4.78, 5) is 27.2. The number of hydrogen-bond donors (Lipinski definition) is 1. The van der Waals surface area contributed by atoms with E-state index in [1.54, 1.807) is 6.07 Å². The van der Waals surface area contributed by atoms with Crippen LogP contribution in [0, 0.1) is 0 Å². The molecule has 1 fully saturated rings. The lowest BCUT2D eigenvalue weighted by Gasteiger charge is -2.31. The third-order valence-electron chi connectivity index (χ3n) is 7.08. The third kappa shape index (κ3) is 4.92. The van der Waals surface area contributed by atoms with Gasteiger partial charge in [0.15, 0.2) is 6.61 Å². The van der Waals surface area contributed by atoms with Crippen molar-refractivity contribution in [2.75, 3.05) is 31.1 Å². The highest BCUT2D eigenvalue weighted by molar-refractivity contribution is 7.89. The molecular formula is C26H31N3O5S. The quantitative estimate of drug-likeness (QED) is 0.685. The monoisotopic (exact) mass is 497 g/mol. The number of sulfonamides is 1. The predicted octanol–water partition coefficient (Wildman–Crippen LogP) is 3.17. The largest absolute Gasteiger partial charge is 0.482 e. The molecule has 0 unspecified atom stereocenters. The van der Waals surface area contributed by atoms with Gasteiger partial charge in [-0.3, -0.25) is 14.5 Å². The molecular weight excluding hydrogens is 466 g/mol. The van der Waals surface area contributed by atoms with E-state index in [2.05, 4.69) is 11.4 Å². The lowest BCUT2D eigenvalue weighted by Crippen LogP contribution is -2.46. The molecule has 3 aliphatic rings. The summed E-state index contributed by atoms with van der Waals surface area (Å²) < 4.78 is 33.7. The standard InChI is InChI=1S/C26H31N3O5S/c30-25(27-22-11-7-9-19-8-3-4-10-21(19)22)17-29-23-16-20(12-13-24(23)34-18-26(29)31)35(32,33)28-14-5-1-2-6-15-28/h3-4,8,10,12-13,16,22H,1-2,5-7,9,11,14-15,17-18H2,(H,27,30)/t22-/m1/s1. The molecule has 0 radical (unpaired) electrons. The molecule has 9 heteroatoms. The fourth-order valence-corrected chi connectivity index (χ4v) is 6.77. The molecule has 1 aliphatic carbocycles. The number of amides is 2. The first-order chi connectivity index (χ1) is 16.9. The van der Waals surface area contributed by atoms with Gasteiger partial charge in [-0.05, 0) is 61.4 Å². The highest BCUT2D eigenvalue weighted by Gasteiger charge is 2.32. The van der Waals surface area contributed by atoms with E-state index in [-0.39, 0.29) is 35.9 Å². The maximum Gasteiger partial charge on any atom is 0.265 e. The molecule has 0 saturated carbocycles. The Morgan fingerprint density at radius 1 is 1.03 bits per heavy atom. The minimum Gasteiger partial charge on any atom is -0.482 e. The Hall–Kier alpha value is -2.91. The van der Waals surface area contributed by atoms with Crippen LogP contribution in [0.4, 0.5) is 5.69 Å². The van der Waals surface area contributed by atoms with Crippen LogP contribution in [0.5, 0.6) is 5.75 Å². The van der Waals surface area contributed by atoms with Gasteiger partial charge in [0, 0.05) is 13.1 Å². The molecule has 2 heterocycles. The van der Waals surface area contributed by atoms with Gasteiger partial charge in [-0.15, -0.1) is 0 Å². The zero-order valence-electron chi connectivity index (χ0n) is 19.7. The average molecular weight is 498 g/mol. The number of rotatable bonds is 5. The minimum atomic E-state index is -3.71. The van der Waals surface area contributed by atoms with Crippen molar-refractivity contribution in [2.24, 2.45) is 0 Å². The summed E-state index contributed by atoms with van der Waals surface area (Å²) in [5, 5.41) is 3.08. The SMILES string of the molecule is O=C(CN1C(=O)COc2ccc(S(=O)(=O)N3CCCCCC3)cc21)N[C@@H]1CCCc2ccccc21. The molecule has 1 saturated heterocycles. The van der Waals surface area contributed by atoms with Crippen LogP contribution in [0.15, 0.2) is 47.4 Å². The second-order valence-corrected chi connectivity index (χ2v) is 11.4. The summed E-state index contributed by atoms with van der Waals surface area (Å²) in [5.41, 5.74) is 2.67. The predicted molar refractivity (Wildman–Crippen MR) is 132 cm³/mol. The number of carbonyl (C=O) groups is 2. The van der Waals surface area contributed by atoms with Crippen LogP contribution in [0.1, 0.15) is 55.7 Å². The number of fused-ring (bicyclic) bond motifs is 2. The van der Waals surface area contributed by atoms with Crippen LogP contribution < -0.4 is 15.0 Å². The zero-order chi connectivity index (χ0) is 24.4. The van der Waals surface area contributed by atoms with Gasteiger partial charge in [0.05, 0.1) is 16.6 Å². The molecule has 0 spiro atoms. The first-order valence-electron chi connectivity index (χ1n) is 12.4. The fourth-order valence-electron chi connectivity index (χ4n) is 5.23. The molecule has 35 heavy (non-hydrogen) atoms. The van der Waals surface area contributed by atoms with E-state index >= 15 is 0 Å². The Morgan fingerprint density at radius 3 is 2.60 bits per heavy atom. The van der Waals surface area contributed by atoms with Crippen molar-refractivity contribution in [3.8, 4) is 5.75 Å². The van der Waals surface area contributed by atoms with Crippen molar-refractivity contribution in [3.05, 3.63) is 53.6 Å². The Balaban J connectivity index is 1.37. The van der Waals surface area contributed by atoms with Crippen molar-refractivity contribution in [2.45, 2.75) is 55.9 Å². The summed E-state index contributed by atoms with van der Waals surface area (Å²) in [6.45, 7) is 0.597. The van der Waals surface area contributed by atoms with Crippen molar-refractivity contribution in [1.82, 2.24) is 9.62 Å². The van der Waals surface area contributed by atoms with Crippen LogP contribution >= 0.6 is 0 Å². The summed E-state index contributed by atoms with van der Waals surface area (Å²) in [5.74, 6) is -0.259. The third-order valence-corrected chi connectivity index (χ3v) is 8.98. The highest BCUT2D eigenvalue weighted by Crippen LogP contribution is 2.35. The maximum absolute atomic E-state index is 13.3. The van der Waals surface area contributed by atoms with E-state index in [0.29, 0.717) is 24.5 Å². The van der Waals surface area contributed by atoms with Gasteiger partial charge in [-0.1, -0.05) is 37.1 Å². The number of anilines is 1. The van der Waals surface area contributed by atoms with Crippen LogP contribution in [-0.4, -0.2) is 50.8 Å². The van der Waals surface area contributed by atoms with Gasteiger partial charge in [-0.2, -0.15) is 4.31 Å². The number of benzene rings is 2. The zero-order valence-corrected chi connectivity index (χ0v) is 20.6. The highest BCUT2D eigenvalue weighted by atomic mass is 32.2. The van der Waals surface area contributed by atoms with E-state index in [1.165, 1.54) is 26.9 Å². The number of ether oxygens (including phenoxy) is 1. The number of nitrogens with zero attached hydrogens (tertiary/aromatic N) is 2. The van der Waals surface area contributed by atoms with E-state index in [4.69, 9.17) is 4.74 Å². The van der Waals surface area contributed by atoms with Gasteiger partial charge >= 0.3 is 0 Å². The van der Waals surface area contributed by atoms with E-state index in [9.17, 15) is 18.0 Å². The second kappa shape index (κ2) is 9.99. The maximum atomic E-state index is 13.3. The van der Waals surface area contributed by atoms with Crippen molar-refractivity contribution in [3.63, 3.8) is 0 Å². The lowest BCUT2D eigenvalue weighted by molar-refractivity contribution is -0.125. The molecule has 2 aromatic rings. The van der Waals surface area contributed by atoms with Crippen molar-refractivity contribution < 1.29 is 22.7 Å². The first-order valence-corrected chi connectivity index (χ1v) is 13.8. The molecule has 1 atom stereocenters. The van der Waals surface area contributed by atoms with Crippen LogP contribution in [0.25, 0.3) is 0 Å². The summed E-state index contributed by atoms with van der Waals surface area (Å²) in [6.07, 6.45) is 6.53. The molecule has 1 N–H and O–H groups in total. The van der Waals surface area contributed by atoms with Gasteiger partial charge in [0.2, 0.25) is 15.9 Å². The molecule has 0 aromatic heterocycles. The number of hydrogen-bond acceptors (Lipinski definition) is 5. The van der Waals surface area contributed by atoms with E-state index in [1.807, 2.05) is 18.2 Å². The van der Waals surface area contributed by atoms with Gasteiger partial charge in [-0.25, -0.2) is 8.42 Å². The molecule has 2 aliphatic heterocycles. The normalized spacial score (nSPS) is 20.9. The van der Waals surface area contributed by atoms with Crippen molar-refractivity contribution >= 4 is 27.5 Å². The molecule has 0 bridgehead atoms. The molecule has 2 amide bonds. The number of carbonyl (C=O) groups excluding carboxylic acids is 2. The van der Waals surface area contributed by atoms with Gasteiger partial charge in [0.1, 0.15) is 12.3 Å². The van der Waals surface area contributed by atoms with Gasteiger partial charge in [0.25, 0.3) is 5.91 Å². The number of nitrogens with one attached hydrogen (secondary N) is 1. The Morgan fingerprint density at radius 2 is 1.80 bits per heavy atom. The molecule has 8 nitrogen and oxygen atoms in total.